The van der Waals surface area contributed by atoms with E-state index < -0.39 is 17.7 Å². The van der Waals surface area contributed by atoms with Crippen LogP contribution in [0.3, 0.4) is 0 Å². The number of hydrogen-bond donors (Lipinski definition) is 3. The Morgan fingerprint density at radius 1 is 0.591 bits per heavy atom. The number of hydrogen-bond acceptors (Lipinski definition) is 3. The van der Waals surface area contributed by atoms with Gasteiger partial charge in [0.1, 0.15) is 0 Å². The van der Waals surface area contributed by atoms with E-state index in [1.165, 1.54) is 49.3 Å². The molecule has 0 heterocycles. The van der Waals surface area contributed by atoms with Crippen LogP contribution < -0.4 is 15.9 Å². The molecule has 0 bridgehead atoms. The summed E-state index contributed by atoms with van der Waals surface area (Å²) in [7, 11) is 0. The predicted molar refractivity (Wildman–Crippen MR) is 225 cm³/mol. The first-order valence-corrected chi connectivity index (χ1v) is 26.2. The summed E-state index contributed by atoms with van der Waals surface area (Å²) >= 11 is 28.5. The van der Waals surface area contributed by atoms with Gasteiger partial charge in [0.05, 0.1) is 0 Å². The molecule has 4 rings (SSSR count). The molecule has 44 heavy (non-hydrogen) atoms. The van der Waals surface area contributed by atoms with E-state index in [0.29, 0.717) is 0 Å². The van der Waals surface area contributed by atoms with Crippen molar-refractivity contribution in [2.24, 2.45) is 5.41 Å². The van der Waals surface area contributed by atoms with E-state index in [2.05, 4.69) is 153 Å². The van der Waals surface area contributed by atoms with Crippen molar-refractivity contribution >= 4 is 106 Å². The molecule has 0 spiro atoms. The standard InChI is InChI=1S/C10H15.3C8H11PS2.Zr/c1-7-6-10(4,5)9(3)8(7)2;3*1-2-7-5-3-4-6-8(7)9(10)11;/h1-5H3;3*3-6,9H,2H2,1H3,(H,10,11);/q-1;;;;. The molecule has 0 fully saturated rings. The van der Waals surface area contributed by atoms with Gasteiger partial charge in [-0.05, 0) is 51.9 Å². The molecule has 0 saturated carbocycles. The van der Waals surface area contributed by atoms with Gasteiger partial charge in [-0.1, -0.05) is 162 Å². The molecule has 3 unspecified atom stereocenters. The van der Waals surface area contributed by atoms with Gasteiger partial charge in [0.2, 0.25) is 0 Å². The molecule has 240 valence electrons. The van der Waals surface area contributed by atoms with Crippen LogP contribution in [0.2, 0.25) is 0 Å². The van der Waals surface area contributed by atoms with Crippen molar-refractivity contribution in [2.45, 2.75) is 74.7 Å². The van der Waals surface area contributed by atoms with Crippen LogP contribution in [0.1, 0.15) is 72.1 Å². The van der Waals surface area contributed by atoms with Crippen LogP contribution >= 0.6 is 54.4 Å². The van der Waals surface area contributed by atoms with Gasteiger partial charge in [-0.15, -0.1) is 43.7 Å². The first-order chi connectivity index (χ1) is 20.2. The maximum Gasteiger partial charge on any atom is 0.0190 e. The number of thiol groups is 3. The molecular formula is C34H48P3S6Zr-. The van der Waals surface area contributed by atoms with E-state index in [1.807, 2.05) is 18.2 Å². The monoisotopic (exact) mass is 831 g/mol. The van der Waals surface area contributed by atoms with Crippen LogP contribution in [-0.4, -0.2) is 0 Å². The van der Waals surface area contributed by atoms with Crippen molar-refractivity contribution in [3.8, 4) is 0 Å². The second-order valence-electron chi connectivity index (χ2n) is 10.6. The smallest absolute Gasteiger partial charge is 0.0190 e. The average molecular weight is 833 g/mol. The minimum absolute atomic E-state index is 0. The number of aryl methyl sites for hydroxylation is 3. The van der Waals surface area contributed by atoms with E-state index >= 15 is 0 Å². The topological polar surface area (TPSA) is 0 Å². The first kappa shape index (κ1) is 45.0. The van der Waals surface area contributed by atoms with Crippen LogP contribution in [0, 0.1) is 11.5 Å². The fourth-order valence-electron chi connectivity index (χ4n) is 4.52. The molecule has 0 nitrogen and oxygen atoms in total. The third kappa shape index (κ3) is 15.1. The molecule has 0 aliphatic heterocycles. The Balaban J connectivity index is 0.000000556. The molecule has 1 aliphatic carbocycles. The fourth-order valence-corrected chi connectivity index (χ4v) is 10.6. The summed E-state index contributed by atoms with van der Waals surface area (Å²) in [6.07, 6.45) is 6.61. The largest absolute Gasteiger partial charge is 0.263 e. The van der Waals surface area contributed by atoms with Gasteiger partial charge in [-0.3, -0.25) is 6.08 Å². The quantitative estimate of drug-likeness (QED) is 0.129. The molecule has 10 heteroatoms. The molecule has 0 aromatic heterocycles. The summed E-state index contributed by atoms with van der Waals surface area (Å²) in [5, 5.41) is 3.83. The SMILES string of the molecule is CC1=[C-]C(C)(C)C(C)=C1C.CCc1ccccc1[PH](=S)S.CCc1ccccc1[PH](=S)S.CCc1ccccc1[PH](=S)S.[Zr]. The van der Waals surface area contributed by atoms with E-state index in [4.69, 9.17) is 35.4 Å². The maximum absolute atomic E-state index is 5.17. The number of rotatable bonds is 6. The van der Waals surface area contributed by atoms with Gasteiger partial charge in [-0.25, -0.2) is 5.57 Å². The Bertz CT molecular complexity index is 1340. The third-order valence-electron chi connectivity index (χ3n) is 7.45. The molecule has 0 radical (unpaired) electrons. The van der Waals surface area contributed by atoms with E-state index in [1.54, 1.807) is 0 Å². The molecular weight excluding hydrogens is 785 g/mol. The van der Waals surface area contributed by atoms with E-state index in [-0.39, 0.29) is 31.6 Å². The molecule has 0 amide bonds. The minimum Gasteiger partial charge on any atom is -0.263 e. The van der Waals surface area contributed by atoms with Crippen molar-refractivity contribution in [1.82, 2.24) is 0 Å². The predicted octanol–water partition coefficient (Wildman–Crippen LogP) is 10.3. The molecule has 3 aromatic carbocycles. The van der Waals surface area contributed by atoms with Crippen molar-refractivity contribution in [3.05, 3.63) is 112 Å². The van der Waals surface area contributed by atoms with E-state index in [9.17, 15) is 0 Å². The third-order valence-corrected chi connectivity index (χ3v) is 14.4. The fraction of sp³-hybridized carbons (Fsp3) is 0.353. The summed E-state index contributed by atoms with van der Waals surface area (Å²) in [5.74, 6) is -2.93. The second-order valence-corrected chi connectivity index (χ2v) is 24.4. The Labute approximate surface area is 321 Å². The molecule has 0 saturated heterocycles. The Morgan fingerprint density at radius 3 is 1.00 bits per heavy atom. The van der Waals surface area contributed by atoms with Gasteiger partial charge in [0.15, 0.2) is 0 Å². The second kappa shape index (κ2) is 23.4. The number of benzene rings is 3. The van der Waals surface area contributed by atoms with E-state index in [0.717, 1.165) is 19.3 Å². The van der Waals surface area contributed by atoms with Crippen LogP contribution in [0.25, 0.3) is 0 Å². The minimum atomic E-state index is -0.976. The van der Waals surface area contributed by atoms with Gasteiger partial charge in [0, 0.05) is 43.9 Å². The maximum atomic E-state index is 5.17. The van der Waals surface area contributed by atoms with Crippen molar-refractivity contribution < 1.29 is 26.2 Å². The van der Waals surface area contributed by atoms with Gasteiger partial charge in [0.25, 0.3) is 0 Å². The summed E-state index contributed by atoms with van der Waals surface area (Å²) in [4.78, 5) is 0. The Hall–Kier alpha value is 1.02. The Morgan fingerprint density at radius 2 is 0.864 bits per heavy atom. The summed E-state index contributed by atoms with van der Waals surface area (Å²) in [6.45, 7) is 17.4. The van der Waals surface area contributed by atoms with Crippen molar-refractivity contribution in [3.63, 3.8) is 0 Å². The molecule has 3 atom stereocenters. The summed E-state index contributed by atoms with van der Waals surface area (Å²) < 4.78 is 0. The average Bonchev–Trinajstić information content (AvgIpc) is 3.18. The molecule has 3 aromatic rings. The van der Waals surface area contributed by atoms with Gasteiger partial charge < -0.3 is 0 Å². The van der Waals surface area contributed by atoms with Crippen LogP contribution in [-0.2, 0) is 80.9 Å². The van der Waals surface area contributed by atoms with Crippen LogP contribution in [0.5, 0.6) is 0 Å². The zero-order valence-corrected chi connectivity index (χ0v) is 37.7. The molecule has 0 N–H and O–H groups in total. The summed E-state index contributed by atoms with van der Waals surface area (Å²) in [6, 6.07) is 24.9. The zero-order valence-electron chi connectivity index (χ0n) is 27.1. The van der Waals surface area contributed by atoms with Crippen LogP contribution in [0.4, 0.5) is 0 Å². The van der Waals surface area contributed by atoms with Gasteiger partial charge in [-0.2, -0.15) is 11.1 Å². The normalized spacial score (nSPS) is 15.0. The Kier molecular flexibility index (Phi) is 23.9. The van der Waals surface area contributed by atoms with Crippen molar-refractivity contribution in [1.29, 1.82) is 0 Å². The number of allylic oxidation sites excluding steroid dienone is 4. The molecule has 1 aliphatic rings. The van der Waals surface area contributed by atoms with Crippen LogP contribution in [0.15, 0.2) is 89.5 Å². The first-order valence-electron chi connectivity index (χ1n) is 14.4. The van der Waals surface area contributed by atoms with Crippen molar-refractivity contribution in [2.75, 3.05) is 0 Å². The summed E-state index contributed by atoms with van der Waals surface area (Å²) in [5.41, 5.74) is 8.45. The van der Waals surface area contributed by atoms with Gasteiger partial charge >= 0.3 is 0 Å². The zero-order chi connectivity index (χ0) is 32.7.